The van der Waals surface area contributed by atoms with Crippen molar-refractivity contribution in [2.75, 3.05) is 6.61 Å². The van der Waals surface area contributed by atoms with E-state index >= 15 is 0 Å². The average molecular weight is 336 g/mol. The highest BCUT2D eigenvalue weighted by Gasteiger charge is 2.58. The molecule has 0 aromatic carbocycles. The second kappa shape index (κ2) is 6.74. The van der Waals surface area contributed by atoms with Crippen LogP contribution in [0.5, 0.6) is 0 Å². The average Bonchev–Trinajstić information content (AvgIpc) is 2.50. The maximum atomic E-state index is 12.4. The van der Waals surface area contributed by atoms with Gasteiger partial charge in [-0.1, -0.05) is 39.5 Å². The number of rotatable bonds is 5. The SMILES string of the molecule is C=C(CCC1C(=C)CCC2C(C)(C)C(O)C(=O)CC12C)C(O)CO. The molecule has 0 aliphatic heterocycles. The van der Waals surface area contributed by atoms with Crippen molar-refractivity contribution in [2.24, 2.45) is 22.7 Å². The number of Topliss-reactive ketones (excluding diaryl/α,β-unsaturated/α-hetero) is 1. The standard InChI is InChI=1S/C20H32O4/c1-12-7-9-17-19(3,4)18(24)15(22)10-20(17,5)14(12)8-6-13(2)16(23)11-21/h14,16-18,21,23-24H,1-2,6-11H2,3-5H3. The van der Waals surface area contributed by atoms with Gasteiger partial charge in [0, 0.05) is 11.8 Å². The molecule has 2 aliphatic rings. The quantitative estimate of drug-likeness (QED) is 0.675. The van der Waals surface area contributed by atoms with Gasteiger partial charge in [0.1, 0.15) is 6.10 Å². The summed E-state index contributed by atoms with van der Waals surface area (Å²) < 4.78 is 0. The summed E-state index contributed by atoms with van der Waals surface area (Å²) >= 11 is 0. The Hall–Kier alpha value is -0.970. The van der Waals surface area contributed by atoms with Crippen LogP contribution in [-0.2, 0) is 4.79 Å². The summed E-state index contributed by atoms with van der Waals surface area (Å²) in [5, 5.41) is 29.2. The van der Waals surface area contributed by atoms with Gasteiger partial charge in [0.25, 0.3) is 0 Å². The Bertz CT molecular complexity index is 536. The molecule has 0 radical (unpaired) electrons. The van der Waals surface area contributed by atoms with Crippen molar-refractivity contribution in [1.29, 1.82) is 0 Å². The van der Waals surface area contributed by atoms with Gasteiger partial charge in [-0.3, -0.25) is 4.79 Å². The van der Waals surface area contributed by atoms with Crippen LogP contribution in [0.3, 0.4) is 0 Å². The van der Waals surface area contributed by atoms with E-state index in [0.29, 0.717) is 18.4 Å². The van der Waals surface area contributed by atoms with Crippen molar-refractivity contribution in [2.45, 2.75) is 65.1 Å². The van der Waals surface area contributed by atoms with Crippen molar-refractivity contribution < 1.29 is 20.1 Å². The van der Waals surface area contributed by atoms with E-state index in [-0.39, 0.29) is 29.6 Å². The molecular formula is C20H32O4. The van der Waals surface area contributed by atoms with Crippen LogP contribution in [0.4, 0.5) is 0 Å². The first-order valence-corrected chi connectivity index (χ1v) is 8.90. The molecule has 0 heterocycles. The van der Waals surface area contributed by atoms with Crippen molar-refractivity contribution in [3.63, 3.8) is 0 Å². The van der Waals surface area contributed by atoms with Gasteiger partial charge in [-0.05, 0) is 48.5 Å². The fourth-order valence-corrected chi connectivity index (χ4v) is 5.25. The van der Waals surface area contributed by atoms with E-state index in [0.717, 1.165) is 24.8 Å². The molecule has 4 nitrogen and oxygen atoms in total. The zero-order valence-electron chi connectivity index (χ0n) is 15.2. The molecule has 24 heavy (non-hydrogen) atoms. The molecular weight excluding hydrogens is 304 g/mol. The van der Waals surface area contributed by atoms with E-state index in [1.807, 2.05) is 13.8 Å². The number of carbonyl (C=O) groups is 1. The highest BCUT2D eigenvalue weighted by molar-refractivity contribution is 5.85. The molecule has 0 aromatic rings. The van der Waals surface area contributed by atoms with Gasteiger partial charge in [0.15, 0.2) is 5.78 Å². The van der Waals surface area contributed by atoms with E-state index in [1.165, 1.54) is 0 Å². The third-order valence-electron chi connectivity index (χ3n) is 6.70. The zero-order chi connectivity index (χ0) is 18.3. The van der Waals surface area contributed by atoms with Crippen molar-refractivity contribution in [3.8, 4) is 0 Å². The van der Waals surface area contributed by atoms with Gasteiger partial charge in [0.05, 0.1) is 12.7 Å². The van der Waals surface area contributed by atoms with Gasteiger partial charge in [-0.2, -0.15) is 0 Å². The van der Waals surface area contributed by atoms with Crippen LogP contribution in [0.15, 0.2) is 24.3 Å². The third kappa shape index (κ3) is 3.12. The Morgan fingerprint density at radius 1 is 1.38 bits per heavy atom. The number of hydrogen-bond donors (Lipinski definition) is 3. The lowest BCUT2D eigenvalue weighted by atomic mass is 9.46. The first-order chi connectivity index (χ1) is 11.1. The Kier molecular flexibility index (Phi) is 5.43. The maximum Gasteiger partial charge on any atom is 0.162 e. The second-order valence-electron chi connectivity index (χ2n) is 8.57. The van der Waals surface area contributed by atoms with Crippen LogP contribution < -0.4 is 0 Å². The molecule has 0 spiro atoms. The first kappa shape index (κ1) is 19.4. The van der Waals surface area contributed by atoms with Crippen molar-refractivity contribution >= 4 is 5.78 Å². The van der Waals surface area contributed by atoms with E-state index in [4.69, 9.17) is 5.11 Å². The van der Waals surface area contributed by atoms with E-state index in [9.17, 15) is 15.0 Å². The van der Waals surface area contributed by atoms with E-state index in [1.54, 1.807) is 0 Å². The smallest absolute Gasteiger partial charge is 0.162 e. The van der Waals surface area contributed by atoms with E-state index < -0.39 is 17.6 Å². The monoisotopic (exact) mass is 336 g/mol. The van der Waals surface area contributed by atoms with Crippen LogP contribution >= 0.6 is 0 Å². The van der Waals surface area contributed by atoms with Gasteiger partial charge in [-0.15, -0.1) is 0 Å². The third-order valence-corrected chi connectivity index (χ3v) is 6.70. The Balaban J connectivity index is 2.25. The molecule has 5 unspecified atom stereocenters. The number of aliphatic hydroxyl groups excluding tert-OH is 3. The maximum absolute atomic E-state index is 12.4. The molecule has 5 atom stereocenters. The van der Waals surface area contributed by atoms with Gasteiger partial charge in [-0.25, -0.2) is 0 Å². The Morgan fingerprint density at radius 3 is 2.58 bits per heavy atom. The molecule has 2 aliphatic carbocycles. The molecule has 136 valence electrons. The molecule has 2 fully saturated rings. The molecule has 2 saturated carbocycles. The minimum atomic E-state index is -0.895. The number of aliphatic hydroxyl groups is 3. The topological polar surface area (TPSA) is 77.8 Å². The summed E-state index contributed by atoms with van der Waals surface area (Å²) in [6.07, 6.45) is 1.81. The Labute approximate surface area is 145 Å². The predicted molar refractivity (Wildman–Crippen MR) is 94.3 cm³/mol. The Morgan fingerprint density at radius 2 is 2.00 bits per heavy atom. The second-order valence-corrected chi connectivity index (χ2v) is 8.57. The minimum Gasteiger partial charge on any atom is -0.393 e. The fourth-order valence-electron chi connectivity index (χ4n) is 5.25. The summed E-state index contributed by atoms with van der Waals surface area (Å²) in [5.41, 5.74) is 1.11. The molecule has 0 aromatic heterocycles. The lowest BCUT2D eigenvalue weighted by molar-refractivity contribution is -0.162. The molecule has 2 rings (SSSR count). The lowest BCUT2D eigenvalue weighted by Gasteiger charge is -2.58. The number of allylic oxidation sites excluding steroid dienone is 1. The summed E-state index contributed by atoms with van der Waals surface area (Å²) in [4.78, 5) is 12.4. The minimum absolute atomic E-state index is 0.0762. The summed E-state index contributed by atoms with van der Waals surface area (Å²) in [6.45, 7) is 14.0. The van der Waals surface area contributed by atoms with Crippen molar-refractivity contribution in [1.82, 2.24) is 0 Å². The summed E-state index contributed by atoms with van der Waals surface area (Å²) in [5.74, 6) is 0.339. The lowest BCUT2D eigenvalue weighted by Crippen LogP contribution is -2.58. The summed E-state index contributed by atoms with van der Waals surface area (Å²) in [7, 11) is 0. The van der Waals surface area contributed by atoms with Gasteiger partial charge < -0.3 is 15.3 Å². The molecule has 0 bridgehead atoms. The predicted octanol–water partition coefficient (Wildman–Crippen LogP) is 2.62. The fraction of sp³-hybridized carbons (Fsp3) is 0.750. The van der Waals surface area contributed by atoms with E-state index in [2.05, 4.69) is 20.1 Å². The highest BCUT2D eigenvalue weighted by Crippen LogP contribution is 2.61. The van der Waals surface area contributed by atoms with Crippen LogP contribution in [0.2, 0.25) is 0 Å². The van der Waals surface area contributed by atoms with Crippen LogP contribution in [0.25, 0.3) is 0 Å². The van der Waals surface area contributed by atoms with Gasteiger partial charge >= 0.3 is 0 Å². The van der Waals surface area contributed by atoms with Crippen LogP contribution in [0, 0.1) is 22.7 Å². The number of carbonyl (C=O) groups excluding carboxylic acids is 1. The molecule has 4 heteroatoms. The first-order valence-electron chi connectivity index (χ1n) is 8.90. The molecule has 0 saturated heterocycles. The largest absolute Gasteiger partial charge is 0.393 e. The summed E-state index contributed by atoms with van der Waals surface area (Å²) in [6, 6.07) is 0. The highest BCUT2D eigenvalue weighted by atomic mass is 16.3. The zero-order valence-corrected chi connectivity index (χ0v) is 15.2. The normalized spacial score (nSPS) is 37.0. The van der Waals surface area contributed by atoms with Gasteiger partial charge in [0.2, 0.25) is 0 Å². The van der Waals surface area contributed by atoms with Crippen LogP contribution in [-0.4, -0.2) is 39.9 Å². The molecule has 0 amide bonds. The molecule has 3 N–H and O–H groups in total. The van der Waals surface area contributed by atoms with Crippen LogP contribution in [0.1, 0.15) is 52.9 Å². The van der Waals surface area contributed by atoms with Crippen molar-refractivity contribution in [3.05, 3.63) is 24.3 Å². The number of ketones is 1. The number of fused-ring (bicyclic) bond motifs is 1. The number of hydrogen-bond acceptors (Lipinski definition) is 4.